The van der Waals surface area contributed by atoms with Crippen LogP contribution in [0, 0.1) is 6.92 Å². The smallest absolute Gasteiger partial charge is 0.387 e. The number of ether oxygens (including phenoxy) is 1. The molecule has 0 atom stereocenters. The van der Waals surface area contributed by atoms with Crippen LogP contribution in [0.1, 0.15) is 11.1 Å². The molecule has 0 unspecified atom stereocenters. The standard InChI is InChI=1S/C21H22F2N2O2/c1-16-3-2-4-18(15-16)24-11-13-25(14-12-24)20(26)10-7-17-5-8-19(9-6-17)27-21(22)23/h2-10,15,21H,11-14H2,1H3/b10-7+. The topological polar surface area (TPSA) is 32.8 Å². The van der Waals surface area contributed by atoms with Crippen LogP contribution in [-0.2, 0) is 4.79 Å². The predicted molar refractivity (Wildman–Crippen MR) is 102 cm³/mol. The molecular weight excluding hydrogens is 350 g/mol. The number of alkyl halides is 2. The molecule has 0 spiro atoms. The summed E-state index contributed by atoms with van der Waals surface area (Å²) in [6.07, 6.45) is 3.20. The van der Waals surface area contributed by atoms with E-state index in [0.717, 1.165) is 18.7 Å². The first-order chi connectivity index (χ1) is 13.0. The van der Waals surface area contributed by atoms with Gasteiger partial charge < -0.3 is 14.5 Å². The summed E-state index contributed by atoms with van der Waals surface area (Å²) in [6.45, 7) is 2.15. The zero-order valence-electron chi connectivity index (χ0n) is 15.1. The number of anilines is 1. The highest BCUT2D eigenvalue weighted by atomic mass is 19.3. The maximum absolute atomic E-state index is 12.4. The fourth-order valence-corrected chi connectivity index (χ4v) is 3.04. The van der Waals surface area contributed by atoms with Crippen LogP contribution in [0.15, 0.2) is 54.6 Å². The monoisotopic (exact) mass is 372 g/mol. The number of hydrogen-bond donors (Lipinski definition) is 0. The Morgan fingerprint density at radius 1 is 1.07 bits per heavy atom. The van der Waals surface area contributed by atoms with Crippen molar-refractivity contribution in [3.05, 3.63) is 65.7 Å². The van der Waals surface area contributed by atoms with Gasteiger partial charge in [0, 0.05) is 37.9 Å². The van der Waals surface area contributed by atoms with Gasteiger partial charge in [-0.15, -0.1) is 0 Å². The van der Waals surface area contributed by atoms with Gasteiger partial charge in [0.1, 0.15) is 5.75 Å². The van der Waals surface area contributed by atoms with E-state index < -0.39 is 6.61 Å². The first-order valence-corrected chi connectivity index (χ1v) is 8.85. The lowest BCUT2D eigenvalue weighted by Crippen LogP contribution is -2.48. The Balaban J connectivity index is 1.52. The second kappa shape index (κ2) is 8.66. The largest absolute Gasteiger partial charge is 0.435 e. The summed E-state index contributed by atoms with van der Waals surface area (Å²) in [4.78, 5) is 16.5. The van der Waals surface area contributed by atoms with Gasteiger partial charge in [-0.05, 0) is 48.4 Å². The van der Waals surface area contributed by atoms with Gasteiger partial charge in [0.15, 0.2) is 0 Å². The third-order valence-corrected chi connectivity index (χ3v) is 4.48. The van der Waals surface area contributed by atoms with Gasteiger partial charge in [-0.25, -0.2) is 0 Å². The van der Waals surface area contributed by atoms with Crippen LogP contribution in [0.2, 0.25) is 0 Å². The molecule has 4 nitrogen and oxygen atoms in total. The summed E-state index contributed by atoms with van der Waals surface area (Å²) < 4.78 is 28.6. The predicted octanol–water partition coefficient (Wildman–Crippen LogP) is 3.96. The number of hydrogen-bond acceptors (Lipinski definition) is 3. The molecule has 1 heterocycles. The second-order valence-corrected chi connectivity index (χ2v) is 6.43. The highest BCUT2D eigenvalue weighted by molar-refractivity contribution is 5.92. The van der Waals surface area contributed by atoms with Crippen LogP contribution in [0.5, 0.6) is 5.75 Å². The lowest BCUT2D eigenvalue weighted by molar-refractivity contribution is -0.126. The summed E-state index contributed by atoms with van der Waals surface area (Å²) in [5.74, 6) is 0.0487. The van der Waals surface area contributed by atoms with E-state index in [1.54, 1.807) is 18.2 Å². The number of rotatable bonds is 5. The van der Waals surface area contributed by atoms with E-state index in [2.05, 4.69) is 34.8 Å². The number of aryl methyl sites for hydroxylation is 1. The minimum absolute atomic E-state index is 0.0493. The molecule has 142 valence electrons. The lowest BCUT2D eigenvalue weighted by Gasteiger charge is -2.35. The highest BCUT2D eigenvalue weighted by Gasteiger charge is 2.19. The van der Waals surface area contributed by atoms with E-state index in [1.165, 1.54) is 29.5 Å². The van der Waals surface area contributed by atoms with Crippen molar-refractivity contribution in [1.82, 2.24) is 4.90 Å². The molecule has 1 saturated heterocycles. The fourth-order valence-electron chi connectivity index (χ4n) is 3.04. The molecule has 27 heavy (non-hydrogen) atoms. The normalized spacial score (nSPS) is 14.8. The van der Waals surface area contributed by atoms with Gasteiger partial charge in [-0.2, -0.15) is 8.78 Å². The molecular formula is C21H22F2N2O2. The lowest BCUT2D eigenvalue weighted by atomic mass is 10.2. The highest BCUT2D eigenvalue weighted by Crippen LogP contribution is 2.18. The van der Waals surface area contributed by atoms with Crippen molar-refractivity contribution in [1.29, 1.82) is 0 Å². The molecule has 1 aliphatic heterocycles. The maximum Gasteiger partial charge on any atom is 0.387 e. The van der Waals surface area contributed by atoms with E-state index in [4.69, 9.17) is 0 Å². The van der Waals surface area contributed by atoms with Gasteiger partial charge in [-0.1, -0.05) is 24.3 Å². The third kappa shape index (κ3) is 5.29. The van der Waals surface area contributed by atoms with Crippen LogP contribution in [0.4, 0.5) is 14.5 Å². The molecule has 0 N–H and O–H groups in total. The summed E-state index contributed by atoms with van der Waals surface area (Å²) in [7, 11) is 0. The van der Waals surface area contributed by atoms with E-state index in [9.17, 15) is 13.6 Å². The Kier molecular flexibility index (Phi) is 6.06. The Morgan fingerprint density at radius 3 is 2.41 bits per heavy atom. The Labute approximate surface area is 157 Å². The molecule has 3 rings (SSSR count). The summed E-state index contributed by atoms with van der Waals surface area (Å²) in [5.41, 5.74) is 3.16. The number of piperazine rings is 1. The summed E-state index contributed by atoms with van der Waals surface area (Å²) in [6, 6.07) is 14.5. The zero-order chi connectivity index (χ0) is 19.2. The zero-order valence-corrected chi connectivity index (χ0v) is 15.1. The summed E-state index contributed by atoms with van der Waals surface area (Å²) >= 11 is 0. The van der Waals surface area contributed by atoms with Crippen molar-refractivity contribution >= 4 is 17.7 Å². The average molecular weight is 372 g/mol. The molecule has 0 aliphatic carbocycles. The molecule has 1 aliphatic rings. The molecule has 1 amide bonds. The van der Waals surface area contributed by atoms with E-state index in [-0.39, 0.29) is 11.7 Å². The first kappa shape index (κ1) is 18.9. The number of benzene rings is 2. The van der Waals surface area contributed by atoms with Crippen molar-refractivity contribution < 1.29 is 18.3 Å². The molecule has 0 saturated carbocycles. The van der Waals surface area contributed by atoms with Crippen molar-refractivity contribution in [2.75, 3.05) is 31.1 Å². The Bertz CT molecular complexity index is 798. The average Bonchev–Trinajstić information content (AvgIpc) is 2.67. The van der Waals surface area contributed by atoms with Crippen LogP contribution in [-0.4, -0.2) is 43.6 Å². The second-order valence-electron chi connectivity index (χ2n) is 6.43. The van der Waals surface area contributed by atoms with Gasteiger partial charge in [-0.3, -0.25) is 4.79 Å². The Hall–Kier alpha value is -2.89. The van der Waals surface area contributed by atoms with Crippen molar-refractivity contribution in [2.24, 2.45) is 0 Å². The maximum atomic E-state index is 12.4. The van der Waals surface area contributed by atoms with Crippen LogP contribution in [0.25, 0.3) is 6.08 Å². The van der Waals surface area contributed by atoms with Crippen LogP contribution < -0.4 is 9.64 Å². The van der Waals surface area contributed by atoms with E-state index in [1.807, 2.05) is 11.0 Å². The molecule has 0 aromatic heterocycles. The molecule has 6 heteroatoms. The number of carbonyl (C=O) groups excluding carboxylic acids is 1. The van der Waals surface area contributed by atoms with Crippen molar-refractivity contribution in [2.45, 2.75) is 13.5 Å². The first-order valence-electron chi connectivity index (χ1n) is 8.85. The van der Waals surface area contributed by atoms with Gasteiger partial charge >= 0.3 is 6.61 Å². The van der Waals surface area contributed by atoms with Gasteiger partial charge in [0.25, 0.3) is 0 Å². The Morgan fingerprint density at radius 2 is 1.78 bits per heavy atom. The fraction of sp³-hybridized carbons (Fsp3) is 0.286. The SMILES string of the molecule is Cc1cccc(N2CCN(C(=O)/C=C/c3ccc(OC(F)F)cc3)CC2)c1. The number of halogens is 2. The van der Waals surface area contributed by atoms with Gasteiger partial charge in [0.05, 0.1) is 0 Å². The van der Waals surface area contributed by atoms with E-state index >= 15 is 0 Å². The van der Waals surface area contributed by atoms with Crippen LogP contribution >= 0.6 is 0 Å². The molecule has 0 bridgehead atoms. The summed E-state index contributed by atoms with van der Waals surface area (Å²) in [5, 5.41) is 0. The molecule has 0 radical (unpaired) electrons. The number of amides is 1. The van der Waals surface area contributed by atoms with Crippen LogP contribution in [0.3, 0.4) is 0 Å². The minimum atomic E-state index is -2.84. The number of carbonyl (C=O) groups is 1. The quantitative estimate of drug-likeness (QED) is 0.745. The van der Waals surface area contributed by atoms with Gasteiger partial charge in [0.2, 0.25) is 5.91 Å². The minimum Gasteiger partial charge on any atom is -0.435 e. The van der Waals surface area contributed by atoms with Crippen molar-refractivity contribution in [3.8, 4) is 5.75 Å². The van der Waals surface area contributed by atoms with Crippen molar-refractivity contribution in [3.63, 3.8) is 0 Å². The molecule has 1 fully saturated rings. The third-order valence-electron chi connectivity index (χ3n) is 4.48. The van der Waals surface area contributed by atoms with E-state index in [0.29, 0.717) is 13.1 Å². The number of nitrogens with zero attached hydrogens (tertiary/aromatic N) is 2. The molecule has 2 aromatic rings. The molecule has 2 aromatic carbocycles.